The molecule has 0 unspecified atom stereocenters. The first-order valence-electron chi connectivity index (χ1n) is 11.3. The molecule has 0 spiro atoms. The van der Waals surface area contributed by atoms with Gasteiger partial charge in [-0.1, -0.05) is 67.3 Å². The summed E-state index contributed by atoms with van der Waals surface area (Å²) in [5.41, 5.74) is 3.71. The molecule has 0 saturated heterocycles. The van der Waals surface area contributed by atoms with Crippen LogP contribution in [-0.2, 0) is 26.1 Å². The van der Waals surface area contributed by atoms with Crippen molar-refractivity contribution in [3.8, 4) is 11.1 Å². The Kier molecular flexibility index (Phi) is 8.35. The second-order valence-electron chi connectivity index (χ2n) is 9.53. The Labute approximate surface area is 203 Å². The maximum absolute atomic E-state index is 14.0. The first kappa shape index (κ1) is 26.1. The van der Waals surface area contributed by atoms with E-state index in [0.29, 0.717) is 30.0 Å². The van der Waals surface area contributed by atoms with Crippen molar-refractivity contribution < 1.29 is 22.4 Å². The van der Waals surface area contributed by atoms with E-state index in [0.717, 1.165) is 17.2 Å². The zero-order valence-electron chi connectivity index (χ0n) is 20.8. The molecule has 0 bridgehead atoms. The van der Waals surface area contributed by atoms with Crippen LogP contribution in [0.4, 0.5) is 5.88 Å². The van der Waals surface area contributed by atoms with Gasteiger partial charge in [0.15, 0.2) is 0 Å². The molecule has 0 saturated carbocycles. The van der Waals surface area contributed by atoms with E-state index in [1.54, 1.807) is 39.2 Å². The summed E-state index contributed by atoms with van der Waals surface area (Å²) in [6.45, 7) is 11.2. The van der Waals surface area contributed by atoms with Gasteiger partial charge in [0.1, 0.15) is 6.73 Å². The van der Waals surface area contributed by atoms with Crippen molar-refractivity contribution >= 4 is 24.0 Å². The van der Waals surface area contributed by atoms with Crippen molar-refractivity contribution in [2.45, 2.75) is 51.0 Å². The second kappa shape index (κ2) is 10.9. The molecule has 3 aromatic rings. The fourth-order valence-electron chi connectivity index (χ4n) is 3.39. The van der Waals surface area contributed by atoms with Crippen LogP contribution in [0, 0.1) is 13.8 Å². The summed E-state index contributed by atoms with van der Waals surface area (Å²) in [5, 5.41) is 3.98. The Bertz CT molecular complexity index is 1200. The lowest BCUT2D eigenvalue weighted by Gasteiger charge is -2.24. The number of hydrogen-bond donors (Lipinski definition) is 0. The number of aromatic nitrogens is 1. The topological polar surface area (TPSA) is 81.9 Å². The Morgan fingerprint density at radius 1 is 1.03 bits per heavy atom. The third-order valence-corrected chi connectivity index (χ3v) is 9.06. The summed E-state index contributed by atoms with van der Waals surface area (Å²) in [5.74, 6) is 0.177. The fraction of sp³-hybridized carbons (Fsp3) is 0.400. The molecule has 1 aromatic heterocycles. The highest BCUT2D eigenvalue weighted by atomic mass is 32.2. The number of ether oxygens (including phenoxy) is 2. The number of methoxy groups -OCH3 is 1. The molecular weight excluding hydrogens is 468 g/mol. The zero-order chi connectivity index (χ0) is 24.9. The molecule has 0 aliphatic rings. The predicted octanol–water partition coefficient (Wildman–Crippen LogP) is 5.61. The van der Waals surface area contributed by atoms with Gasteiger partial charge in [0.2, 0.25) is 5.88 Å². The van der Waals surface area contributed by atoms with Crippen molar-refractivity contribution in [3.63, 3.8) is 0 Å². The van der Waals surface area contributed by atoms with E-state index in [1.165, 1.54) is 4.31 Å². The number of nitrogens with zero attached hydrogens (tertiary/aromatic N) is 2. The van der Waals surface area contributed by atoms with E-state index < -0.39 is 18.1 Å². The standard InChI is InChI=1S/C25H34N2O5SSi/c1-19-20(2)26-32-25(19)27(18-31-15-16-34(4,5)6)33(28,29)24-10-8-7-9-23(24)22-13-11-21(12-14-22)17-30-3/h7-14H,15-18H2,1-6H3. The molecule has 1 heterocycles. The lowest BCUT2D eigenvalue weighted by atomic mass is 10.0. The van der Waals surface area contributed by atoms with Gasteiger partial charge in [-0.15, -0.1) is 0 Å². The van der Waals surface area contributed by atoms with Crippen molar-refractivity contribution in [1.29, 1.82) is 0 Å². The van der Waals surface area contributed by atoms with Crippen LogP contribution in [0.25, 0.3) is 11.1 Å². The van der Waals surface area contributed by atoms with Gasteiger partial charge in [0.25, 0.3) is 10.0 Å². The van der Waals surface area contributed by atoms with Gasteiger partial charge in [-0.3, -0.25) is 0 Å². The summed E-state index contributed by atoms with van der Waals surface area (Å²) in [7, 11) is -3.70. The van der Waals surface area contributed by atoms with Crippen LogP contribution in [-0.4, -0.2) is 42.1 Å². The van der Waals surface area contributed by atoms with E-state index in [-0.39, 0.29) is 17.5 Å². The summed E-state index contributed by atoms with van der Waals surface area (Å²) in [4.78, 5) is 0.178. The number of benzene rings is 2. The number of sulfonamides is 1. The van der Waals surface area contributed by atoms with E-state index in [2.05, 4.69) is 24.8 Å². The number of anilines is 1. The third-order valence-electron chi connectivity index (χ3n) is 5.60. The zero-order valence-corrected chi connectivity index (χ0v) is 22.6. The average Bonchev–Trinajstić information content (AvgIpc) is 3.11. The van der Waals surface area contributed by atoms with Gasteiger partial charge in [0.05, 0.1) is 17.2 Å². The first-order valence-corrected chi connectivity index (χ1v) is 16.4. The van der Waals surface area contributed by atoms with Crippen LogP contribution in [0.3, 0.4) is 0 Å². The average molecular weight is 503 g/mol. The molecule has 0 atom stereocenters. The van der Waals surface area contributed by atoms with Gasteiger partial charge in [-0.2, -0.15) is 0 Å². The summed E-state index contributed by atoms with van der Waals surface area (Å²) < 4.78 is 45.7. The molecular formula is C25H34N2O5SSi. The molecule has 9 heteroatoms. The summed E-state index contributed by atoms with van der Waals surface area (Å²) >= 11 is 0. The molecule has 7 nitrogen and oxygen atoms in total. The van der Waals surface area contributed by atoms with Gasteiger partial charge >= 0.3 is 0 Å². The van der Waals surface area contributed by atoms with Crippen LogP contribution < -0.4 is 4.31 Å². The molecule has 0 radical (unpaired) electrons. The SMILES string of the molecule is COCc1ccc(-c2ccccc2S(=O)(=O)N(COCC[Si](C)(C)C)c2onc(C)c2C)cc1. The molecule has 0 N–H and O–H groups in total. The highest BCUT2D eigenvalue weighted by molar-refractivity contribution is 7.93. The molecule has 0 aliphatic heterocycles. The van der Waals surface area contributed by atoms with E-state index in [4.69, 9.17) is 14.0 Å². The number of rotatable bonds is 11. The molecule has 0 aliphatic carbocycles. The lowest BCUT2D eigenvalue weighted by Crippen LogP contribution is -2.34. The molecule has 34 heavy (non-hydrogen) atoms. The Balaban J connectivity index is 2.00. The van der Waals surface area contributed by atoms with Crippen LogP contribution in [0.15, 0.2) is 57.9 Å². The van der Waals surface area contributed by atoms with Crippen molar-refractivity contribution in [2.24, 2.45) is 0 Å². The lowest BCUT2D eigenvalue weighted by molar-refractivity contribution is 0.153. The minimum atomic E-state index is -4.02. The molecule has 0 amide bonds. The highest BCUT2D eigenvalue weighted by Crippen LogP contribution is 2.34. The van der Waals surface area contributed by atoms with Gasteiger partial charge in [0, 0.05) is 32.9 Å². The van der Waals surface area contributed by atoms with Crippen LogP contribution in [0.1, 0.15) is 16.8 Å². The monoisotopic (exact) mass is 502 g/mol. The second-order valence-corrected chi connectivity index (χ2v) is 17.0. The predicted molar refractivity (Wildman–Crippen MR) is 137 cm³/mol. The van der Waals surface area contributed by atoms with Crippen LogP contribution >= 0.6 is 0 Å². The summed E-state index contributed by atoms with van der Waals surface area (Å²) in [6, 6.07) is 15.6. The maximum atomic E-state index is 14.0. The van der Waals surface area contributed by atoms with Crippen molar-refractivity contribution in [2.75, 3.05) is 24.8 Å². The smallest absolute Gasteiger partial charge is 0.269 e. The minimum absolute atomic E-state index is 0.149. The van der Waals surface area contributed by atoms with Crippen molar-refractivity contribution in [3.05, 3.63) is 65.4 Å². The Morgan fingerprint density at radius 2 is 1.71 bits per heavy atom. The van der Waals surface area contributed by atoms with E-state index >= 15 is 0 Å². The van der Waals surface area contributed by atoms with Gasteiger partial charge < -0.3 is 14.0 Å². The van der Waals surface area contributed by atoms with Gasteiger partial charge in [-0.25, -0.2) is 12.7 Å². The summed E-state index contributed by atoms with van der Waals surface area (Å²) in [6.07, 6.45) is 0. The first-order chi connectivity index (χ1) is 16.0. The Hall–Kier alpha value is -2.46. The van der Waals surface area contributed by atoms with E-state index in [1.807, 2.05) is 30.3 Å². The number of hydrogen-bond acceptors (Lipinski definition) is 6. The molecule has 184 valence electrons. The van der Waals surface area contributed by atoms with Gasteiger partial charge in [-0.05, 0) is 37.1 Å². The molecule has 2 aromatic carbocycles. The fourth-order valence-corrected chi connectivity index (χ4v) is 5.71. The minimum Gasteiger partial charge on any atom is -0.380 e. The highest BCUT2D eigenvalue weighted by Gasteiger charge is 2.32. The van der Waals surface area contributed by atoms with Crippen LogP contribution in [0.5, 0.6) is 0 Å². The third kappa shape index (κ3) is 6.15. The Morgan fingerprint density at radius 3 is 2.29 bits per heavy atom. The van der Waals surface area contributed by atoms with Crippen LogP contribution in [0.2, 0.25) is 25.7 Å². The van der Waals surface area contributed by atoms with Crippen molar-refractivity contribution in [1.82, 2.24) is 5.16 Å². The largest absolute Gasteiger partial charge is 0.380 e. The molecule has 0 fully saturated rings. The number of aryl methyl sites for hydroxylation is 1. The van der Waals surface area contributed by atoms with E-state index in [9.17, 15) is 8.42 Å². The maximum Gasteiger partial charge on any atom is 0.269 e. The molecule has 3 rings (SSSR count). The normalized spacial score (nSPS) is 12.2. The quantitative estimate of drug-likeness (QED) is 0.192.